The van der Waals surface area contributed by atoms with Crippen molar-refractivity contribution >= 4 is 28.2 Å². The molecule has 146 valence electrons. The number of esters is 1. The van der Waals surface area contributed by atoms with Crippen molar-refractivity contribution < 1.29 is 27.5 Å². The summed E-state index contributed by atoms with van der Waals surface area (Å²) in [6.07, 6.45) is -2.69. The average Bonchev–Trinajstić information content (AvgIpc) is 2.88. The summed E-state index contributed by atoms with van der Waals surface area (Å²) < 4.78 is 41.6. The highest BCUT2D eigenvalue weighted by Gasteiger charge is 2.30. The molecule has 1 amide bonds. The molecule has 5 nitrogen and oxygen atoms in total. The second-order valence-corrected chi connectivity index (χ2v) is 7.80. The van der Waals surface area contributed by atoms with Crippen LogP contribution >= 0.6 is 11.3 Å². The Morgan fingerprint density at radius 1 is 1.38 bits per heavy atom. The Kier molecular flexibility index (Phi) is 6.68. The Morgan fingerprint density at radius 3 is 2.69 bits per heavy atom. The van der Waals surface area contributed by atoms with Crippen LogP contribution in [0.25, 0.3) is 0 Å². The fraction of sp³-hybridized carbons (Fsp3) is 0.647. The normalized spacial score (nSPS) is 17.1. The minimum atomic E-state index is -4.26. The van der Waals surface area contributed by atoms with E-state index in [1.54, 1.807) is 0 Å². The van der Waals surface area contributed by atoms with Gasteiger partial charge in [-0.3, -0.25) is 9.69 Å². The number of amides is 1. The molecule has 0 saturated heterocycles. The van der Waals surface area contributed by atoms with Gasteiger partial charge in [-0.1, -0.05) is 6.92 Å². The summed E-state index contributed by atoms with van der Waals surface area (Å²) in [5.74, 6) is -0.451. The number of thiophene rings is 1. The summed E-state index contributed by atoms with van der Waals surface area (Å²) in [5, 5.41) is 3.10. The van der Waals surface area contributed by atoms with Gasteiger partial charge < -0.3 is 10.1 Å². The Balaban J connectivity index is 2.08. The van der Waals surface area contributed by atoms with Crippen LogP contribution in [0.3, 0.4) is 0 Å². The Labute approximate surface area is 154 Å². The van der Waals surface area contributed by atoms with E-state index in [9.17, 15) is 22.8 Å². The second kappa shape index (κ2) is 8.39. The molecule has 1 unspecified atom stereocenters. The van der Waals surface area contributed by atoms with Gasteiger partial charge in [-0.2, -0.15) is 13.2 Å². The molecule has 1 aliphatic rings. The maximum absolute atomic E-state index is 12.3. The number of likely N-dealkylation sites (N-methyl/N-ethyl adjacent to an activating group) is 1. The van der Waals surface area contributed by atoms with Crippen LogP contribution < -0.4 is 5.32 Å². The summed E-state index contributed by atoms with van der Waals surface area (Å²) in [5.41, 5.74) is 1.30. The van der Waals surface area contributed by atoms with Crippen molar-refractivity contribution in [2.45, 2.75) is 38.8 Å². The highest BCUT2D eigenvalue weighted by Crippen LogP contribution is 2.40. The van der Waals surface area contributed by atoms with Crippen LogP contribution in [0.2, 0.25) is 0 Å². The molecule has 0 radical (unpaired) electrons. The van der Waals surface area contributed by atoms with E-state index < -0.39 is 24.5 Å². The van der Waals surface area contributed by atoms with Gasteiger partial charge in [0.25, 0.3) is 0 Å². The molecule has 0 aliphatic heterocycles. The van der Waals surface area contributed by atoms with Gasteiger partial charge >= 0.3 is 12.1 Å². The molecule has 1 aliphatic carbocycles. The van der Waals surface area contributed by atoms with E-state index in [0.29, 0.717) is 16.5 Å². The molecule has 0 saturated carbocycles. The van der Waals surface area contributed by atoms with Crippen LogP contribution in [-0.4, -0.2) is 50.2 Å². The Bertz CT molecular complexity index is 673. The molecule has 2 rings (SSSR count). The molecule has 1 atom stereocenters. The molecule has 0 fully saturated rings. The number of nitrogens with one attached hydrogen (secondary N) is 1. The van der Waals surface area contributed by atoms with E-state index in [2.05, 4.69) is 12.2 Å². The van der Waals surface area contributed by atoms with Crippen molar-refractivity contribution in [1.29, 1.82) is 0 Å². The maximum Gasteiger partial charge on any atom is 0.390 e. The van der Waals surface area contributed by atoms with Crippen molar-refractivity contribution in [3.05, 3.63) is 16.0 Å². The van der Waals surface area contributed by atoms with Crippen LogP contribution in [0.5, 0.6) is 0 Å². The van der Waals surface area contributed by atoms with Crippen LogP contribution in [0.1, 0.15) is 40.6 Å². The van der Waals surface area contributed by atoms with E-state index in [1.807, 2.05) is 0 Å². The van der Waals surface area contributed by atoms with E-state index in [4.69, 9.17) is 4.74 Å². The zero-order valence-corrected chi connectivity index (χ0v) is 15.9. The molecule has 0 bridgehead atoms. The van der Waals surface area contributed by atoms with Crippen molar-refractivity contribution in [3.8, 4) is 0 Å². The van der Waals surface area contributed by atoms with Crippen LogP contribution in [0, 0.1) is 5.92 Å². The lowest BCUT2D eigenvalue weighted by molar-refractivity contribution is -0.138. The molecule has 9 heteroatoms. The van der Waals surface area contributed by atoms with Gasteiger partial charge in [-0.15, -0.1) is 11.3 Å². The van der Waals surface area contributed by atoms with Crippen molar-refractivity contribution in [3.63, 3.8) is 0 Å². The molecular weight excluding hydrogens is 369 g/mol. The molecule has 1 aromatic heterocycles. The summed E-state index contributed by atoms with van der Waals surface area (Å²) in [4.78, 5) is 26.7. The number of methoxy groups -OCH3 is 1. The predicted octanol–water partition coefficient (Wildman–Crippen LogP) is 3.48. The highest BCUT2D eigenvalue weighted by atomic mass is 32.1. The van der Waals surface area contributed by atoms with Crippen LogP contribution in [0.4, 0.5) is 18.2 Å². The number of carbonyl (C=O) groups is 2. The smallest absolute Gasteiger partial charge is 0.390 e. The SMILES string of the molecule is COC(=O)c1c(NC(=O)CN(C)CCC(F)(F)F)sc2c1CCC(C)C2. The maximum atomic E-state index is 12.3. The minimum absolute atomic E-state index is 0.185. The zero-order chi connectivity index (χ0) is 19.5. The largest absolute Gasteiger partial charge is 0.465 e. The first kappa shape index (κ1) is 20.7. The van der Waals surface area contributed by atoms with E-state index in [0.717, 1.165) is 29.7 Å². The Hall–Kier alpha value is -1.61. The summed E-state index contributed by atoms with van der Waals surface area (Å²) >= 11 is 1.35. The number of carbonyl (C=O) groups excluding carboxylic acids is 2. The summed E-state index contributed by atoms with van der Waals surface area (Å²) in [7, 11) is 2.74. The number of nitrogens with zero attached hydrogens (tertiary/aromatic N) is 1. The van der Waals surface area contributed by atoms with Gasteiger partial charge in [0.15, 0.2) is 0 Å². The van der Waals surface area contributed by atoms with Crippen molar-refractivity contribution in [2.75, 3.05) is 32.6 Å². The van der Waals surface area contributed by atoms with Crippen LogP contribution in [0.15, 0.2) is 0 Å². The summed E-state index contributed by atoms with van der Waals surface area (Å²) in [6, 6.07) is 0. The van der Waals surface area contributed by atoms with E-state index in [1.165, 1.54) is 30.4 Å². The number of hydrogen-bond acceptors (Lipinski definition) is 5. The quantitative estimate of drug-likeness (QED) is 0.753. The number of hydrogen-bond donors (Lipinski definition) is 1. The molecular formula is C17H23F3N2O3S. The fourth-order valence-electron chi connectivity index (χ4n) is 2.96. The van der Waals surface area contributed by atoms with Crippen molar-refractivity contribution in [1.82, 2.24) is 4.90 Å². The minimum Gasteiger partial charge on any atom is -0.465 e. The molecule has 1 heterocycles. The lowest BCUT2D eigenvalue weighted by atomic mass is 9.88. The highest BCUT2D eigenvalue weighted by molar-refractivity contribution is 7.17. The number of fused-ring (bicyclic) bond motifs is 1. The van der Waals surface area contributed by atoms with Gasteiger partial charge in [0.1, 0.15) is 5.00 Å². The zero-order valence-electron chi connectivity index (χ0n) is 15.0. The predicted molar refractivity (Wildman–Crippen MR) is 93.6 cm³/mol. The van der Waals surface area contributed by atoms with E-state index in [-0.39, 0.29) is 13.1 Å². The monoisotopic (exact) mass is 392 g/mol. The fourth-order valence-corrected chi connectivity index (χ4v) is 4.38. The number of halogens is 3. The van der Waals surface area contributed by atoms with Gasteiger partial charge in [0.05, 0.1) is 25.6 Å². The van der Waals surface area contributed by atoms with Crippen molar-refractivity contribution in [2.24, 2.45) is 5.92 Å². The average molecular weight is 392 g/mol. The molecule has 1 aromatic rings. The molecule has 26 heavy (non-hydrogen) atoms. The van der Waals surface area contributed by atoms with Crippen LogP contribution in [-0.2, 0) is 22.4 Å². The number of anilines is 1. The first-order valence-electron chi connectivity index (χ1n) is 8.38. The van der Waals surface area contributed by atoms with Gasteiger partial charge in [-0.25, -0.2) is 4.79 Å². The third-order valence-electron chi connectivity index (χ3n) is 4.34. The van der Waals surface area contributed by atoms with E-state index >= 15 is 0 Å². The lowest BCUT2D eigenvalue weighted by Gasteiger charge is -2.18. The number of alkyl halides is 3. The third-order valence-corrected chi connectivity index (χ3v) is 5.51. The number of rotatable bonds is 6. The molecule has 0 spiro atoms. The lowest BCUT2D eigenvalue weighted by Crippen LogP contribution is -2.32. The Morgan fingerprint density at radius 2 is 2.08 bits per heavy atom. The first-order valence-corrected chi connectivity index (χ1v) is 9.20. The standard InChI is InChI=1S/C17H23F3N2O3S/c1-10-4-5-11-12(8-10)26-15(14(11)16(24)25-3)21-13(23)9-22(2)7-6-17(18,19)20/h10H,4-9H2,1-3H3,(H,21,23). The third kappa shape index (κ3) is 5.44. The topological polar surface area (TPSA) is 58.6 Å². The second-order valence-electron chi connectivity index (χ2n) is 6.70. The molecule has 1 N–H and O–H groups in total. The first-order chi connectivity index (χ1) is 12.1. The summed E-state index contributed by atoms with van der Waals surface area (Å²) in [6.45, 7) is 1.68. The number of ether oxygens (including phenoxy) is 1. The van der Waals surface area contributed by atoms with Gasteiger partial charge in [-0.05, 0) is 37.8 Å². The molecule has 0 aromatic carbocycles. The van der Waals surface area contributed by atoms with Gasteiger partial charge in [0.2, 0.25) is 5.91 Å². The van der Waals surface area contributed by atoms with Gasteiger partial charge in [0, 0.05) is 11.4 Å².